The molecule has 3 rings (SSSR count). The summed E-state index contributed by atoms with van der Waals surface area (Å²) in [5.41, 5.74) is 9.44. The highest BCUT2D eigenvalue weighted by atomic mass is 16.2. The first-order chi connectivity index (χ1) is 10.2. The normalized spacial score (nSPS) is 13.0. The minimum Gasteiger partial charge on any atom is -0.399 e. The van der Waals surface area contributed by atoms with E-state index in [2.05, 4.69) is 11.8 Å². The molecule has 1 aliphatic rings. The van der Waals surface area contributed by atoms with E-state index < -0.39 is 0 Å². The zero-order valence-corrected chi connectivity index (χ0v) is 11.7. The number of hydrogen-bond acceptors (Lipinski definition) is 2. The van der Waals surface area contributed by atoms with Crippen LogP contribution in [-0.2, 0) is 11.2 Å². The Bertz CT molecular complexity index is 726. The number of amides is 1. The van der Waals surface area contributed by atoms with E-state index >= 15 is 0 Å². The third-order valence-electron chi connectivity index (χ3n) is 3.55. The fourth-order valence-electron chi connectivity index (χ4n) is 2.54. The number of carbonyl (C=O) groups is 1. The van der Waals surface area contributed by atoms with Crippen LogP contribution in [0.15, 0.2) is 48.5 Å². The van der Waals surface area contributed by atoms with Gasteiger partial charge in [0.2, 0.25) is 0 Å². The molecule has 1 amide bonds. The van der Waals surface area contributed by atoms with Crippen LogP contribution in [0.2, 0.25) is 0 Å². The van der Waals surface area contributed by atoms with Gasteiger partial charge in [-0.05, 0) is 48.7 Å². The van der Waals surface area contributed by atoms with Gasteiger partial charge in [0.1, 0.15) is 0 Å². The average molecular weight is 276 g/mol. The number of carbonyl (C=O) groups excluding carboxylic acids is 1. The minimum absolute atomic E-state index is 0.162. The lowest BCUT2D eigenvalue weighted by Gasteiger charge is -2.28. The van der Waals surface area contributed by atoms with Gasteiger partial charge in [-0.25, -0.2) is 0 Å². The molecule has 0 saturated carbocycles. The van der Waals surface area contributed by atoms with Crippen molar-refractivity contribution in [1.29, 1.82) is 0 Å². The Balaban J connectivity index is 1.86. The van der Waals surface area contributed by atoms with Crippen LogP contribution in [0.4, 0.5) is 11.4 Å². The predicted molar refractivity (Wildman–Crippen MR) is 84.8 cm³/mol. The van der Waals surface area contributed by atoms with Gasteiger partial charge in [0.15, 0.2) is 0 Å². The summed E-state index contributed by atoms with van der Waals surface area (Å²) in [6.07, 6.45) is 1.89. The molecule has 3 heteroatoms. The number of aryl methyl sites for hydroxylation is 1. The molecule has 0 aromatic heterocycles. The third-order valence-corrected chi connectivity index (χ3v) is 3.55. The third kappa shape index (κ3) is 2.90. The largest absolute Gasteiger partial charge is 0.399 e. The Morgan fingerprint density at radius 1 is 1.14 bits per heavy atom. The minimum atomic E-state index is -0.162. The van der Waals surface area contributed by atoms with Gasteiger partial charge >= 0.3 is 5.91 Å². The van der Waals surface area contributed by atoms with Gasteiger partial charge < -0.3 is 10.6 Å². The van der Waals surface area contributed by atoms with Crippen molar-refractivity contribution >= 4 is 17.3 Å². The van der Waals surface area contributed by atoms with E-state index in [1.165, 1.54) is 0 Å². The zero-order chi connectivity index (χ0) is 14.7. The van der Waals surface area contributed by atoms with Crippen LogP contribution < -0.4 is 10.6 Å². The fraction of sp³-hybridized carbons (Fsp3) is 0.167. The first-order valence-electron chi connectivity index (χ1n) is 7.01. The van der Waals surface area contributed by atoms with Gasteiger partial charge in [0.05, 0.1) is 0 Å². The molecule has 2 aromatic carbocycles. The lowest BCUT2D eigenvalue weighted by molar-refractivity contribution is -0.113. The molecule has 0 radical (unpaired) electrons. The molecule has 21 heavy (non-hydrogen) atoms. The van der Waals surface area contributed by atoms with Crippen LogP contribution in [-0.4, -0.2) is 12.5 Å². The Hall–Kier alpha value is -2.73. The number of anilines is 2. The number of rotatable bonds is 0. The van der Waals surface area contributed by atoms with E-state index in [9.17, 15) is 4.79 Å². The van der Waals surface area contributed by atoms with Crippen molar-refractivity contribution in [2.75, 3.05) is 17.2 Å². The van der Waals surface area contributed by atoms with E-state index in [0.29, 0.717) is 6.54 Å². The van der Waals surface area contributed by atoms with Crippen molar-refractivity contribution in [3.63, 3.8) is 0 Å². The highest BCUT2D eigenvalue weighted by Gasteiger charge is 2.21. The maximum Gasteiger partial charge on any atom is 0.303 e. The van der Waals surface area contributed by atoms with Crippen molar-refractivity contribution < 1.29 is 4.79 Å². The average Bonchev–Trinajstić information content (AvgIpc) is 2.52. The number of fused-ring (bicyclic) bond motifs is 1. The van der Waals surface area contributed by atoms with Crippen LogP contribution in [0.1, 0.15) is 17.5 Å². The van der Waals surface area contributed by atoms with E-state index in [1.807, 2.05) is 48.5 Å². The molecule has 104 valence electrons. The molecule has 3 nitrogen and oxygen atoms in total. The Kier molecular flexibility index (Phi) is 3.61. The fourth-order valence-corrected chi connectivity index (χ4v) is 2.54. The first kappa shape index (κ1) is 13.3. The van der Waals surface area contributed by atoms with Crippen LogP contribution in [0, 0.1) is 11.8 Å². The Labute approximate surface area is 124 Å². The van der Waals surface area contributed by atoms with E-state index in [4.69, 9.17) is 5.73 Å². The molecule has 2 aromatic rings. The van der Waals surface area contributed by atoms with Crippen molar-refractivity contribution in [2.24, 2.45) is 0 Å². The molecule has 0 bridgehead atoms. The second-order valence-electron chi connectivity index (χ2n) is 5.06. The zero-order valence-electron chi connectivity index (χ0n) is 11.7. The SMILES string of the molecule is Nc1ccc2c(c1)CCCN2C(=O)C#Cc1ccccc1. The van der Waals surface area contributed by atoms with Gasteiger partial charge in [0.25, 0.3) is 0 Å². The van der Waals surface area contributed by atoms with Crippen molar-refractivity contribution in [1.82, 2.24) is 0 Å². The predicted octanol–water partition coefficient (Wildman–Crippen LogP) is 2.60. The maximum absolute atomic E-state index is 12.3. The Morgan fingerprint density at radius 3 is 2.76 bits per heavy atom. The van der Waals surface area contributed by atoms with Crippen LogP contribution in [0.3, 0.4) is 0 Å². The van der Waals surface area contributed by atoms with Gasteiger partial charge in [0, 0.05) is 29.4 Å². The molecular weight excluding hydrogens is 260 g/mol. The number of benzene rings is 2. The standard InChI is InChI=1S/C18H16N2O/c19-16-9-10-17-15(13-16)7-4-12-20(17)18(21)11-8-14-5-2-1-3-6-14/h1-3,5-6,9-10,13H,4,7,12,19H2. The molecule has 0 aliphatic carbocycles. The molecule has 0 spiro atoms. The lowest BCUT2D eigenvalue weighted by atomic mass is 10.0. The van der Waals surface area contributed by atoms with E-state index in [-0.39, 0.29) is 5.91 Å². The monoisotopic (exact) mass is 276 g/mol. The first-order valence-corrected chi connectivity index (χ1v) is 7.01. The lowest BCUT2D eigenvalue weighted by Crippen LogP contribution is -2.34. The van der Waals surface area contributed by atoms with Crippen molar-refractivity contribution in [3.8, 4) is 11.8 Å². The molecule has 0 unspecified atom stereocenters. The number of hydrogen-bond donors (Lipinski definition) is 1. The molecule has 0 atom stereocenters. The summed E-state index contributed by atoms with van der Waals surface area (Å²) in [4.78, 5) is 14.1. The van der Waals surface area contributed by atoms with Gasteiger partial charge in [-0.1, -0.05) is 24.1 Å². The van der Waals surface area contributed by atoms with Crippen LogP contribution in [0.5, 0.6) is 0 Å². The summed E-state index contributed by atoms with van der Waals surface area (Å²) in [6, 6.07) is 15.2. The molecule has 0 fully saturated rings. The summed E-state index contributed by atoms with van der Waals surface area (Å²) < 4.78 is 0. The molecule has 2 N–H and O–H groups in total. The van der Waals surface area contributed by atoms with Gasteiger partial charge in [-0.2, -0.15) is 0 Å². The molecule has 1 aliphatic heterocycles. The van der Waals surface area contributed by atoms with Gasteiger partial charge in [-0.15, -0.1) is 0 Å². The summed E-state index contributed by atoms with van der Waals surface area (Å²) >= 11 is 0. The highest BCUT2D eigenvalue weighted by Crippen LogP contribution is 2.28. The molecular formula is C18H16N2O. The molecule has 0 saturated heterocycles. The van der Waals surface area contributed by atoms with Crippen LogP contribution >= 0.6 is 0 Å². The summed E-state index contributed by atoms with van der Waals surface area (Å²) in [6.45, 7) is 0.708. The molecule has 1 heterocycles. The highest BCUT2D eigenvalue weighted by molar-refractivity contribution is 6.06. The Morgan fingerprint density at radius 2 is 1.95 bits per heavy atom. The summed E-state index contributed by atoms with van der Waals surface area (Å²) in [7, 11) is 0. The van der Waals surface area contributed by atoms with Crippen LogP contribution in [0.25, 0.3) is 0 Å². The number of nitrogen functional groups attached to an aromatic ring is 1. The van der Waals surface area contributed by atoms with Crippen molar-refractivity contribution in [3.05, 3.63) is 59.7 Å². The topological polar surface area (TPSA) is 46.3 Å². The number of nitrogens with zero attached hydrogens (tertiary/aromatic N) is 1. The van der Waals surface area contributed by atoms with E-state index in [1.54, 1.807) is 4.90 Å². The van der Waals surface area contributed by atoms with Gasteiger partial charge in [-0.3, -0.25) is 4.79 Å². The van der Waals surface area contributed by atoms with Crippen molar-refractivity contribution in [2.45, 2.75) is 12.8 Å². The second-order valence-corrected chi connectivity index (χ2v) is 5.06. The van der Waals surface area contributed by atoms with E-state index in [0.717, 1.165) is 35.3 Å². The quantitative estimate of drug-likeness (QED) is 0.594. The second kappa shape index (κ2) is 5.72. The number of nitrogens with two attached hydrogens (primary N) is 1. The maximum atomic E-state index is 12.3. The summed E-state index contributed by atoms with van der Waals surface area (Å²) in [5.74, 6) is 5.49. The summed E-state index contributed by atoms with van der Waals surface area (Å²) in [5, 5.41) is 0. The smallest absolute Gasteiger partial charge is 0.303 e.